The summed E-state index contributed by atoms with van der Waals surface area (Å²) in [5.74, 6) is 0.669. The minimum atomic E-state index is -0.907. The van der Waals surface area contributed by atoms with Crippen LogP contribution in [-0.2, 0) is 10.8 Å². The molecular weight excluding hydrogens is 184 g/mol. The van der Waals surface area contributed by atoms with E-state index < -0.39 is 10.8 Å². The van der Waals surface area contributed by atoms with Gasteiger partial charge in [0.15, 0.2) is 5.03 Å². The Morgan fingerprint density at radius 2 is 2.31 bits per heavy atom. The second kappa shape index (κ2) is 3.10. The van der Waals surface area contributed by atoms with E-state index >= 15 is 0 Å². The first-order valence-electron chi connectivity index (χ1n) is 4.28. The van der Waals surface area contributed by atoms with Crippen molar-refractivity contribution in [2.24, 2.45) is 0 Å². The van der Waals surface area contributed by atoms with Crippen molar-refractivity contribution in [3.05, 3.63) is 17.3 Å². The highest BCUT2D eigenvalue weighted by molar-refractivity contribution is 7.85. The van der Waals surface area contributed by atoms with E-state index in [1.165, 1.54) is 0 Å². The van der Waals surface area contributed by atoms with Gasteiger partial charge in [-0.25, -0.2) is 4.98 Å². The molecule has 0 fully saturated rings. The standard InChI is InChI=1S/C9H12N2OS/c1-6-5-11-9-8(7(6)2)10-3-4-13(9)12/h5,10H,3-4H2,1-2H3. The molecule has 1 N–H and O–H groups in total. The maximum absolute atomic E-state index is 11.6. The van der Waals surface area contributed by atoms with Crippen LogP contribution in [0.3, 0.4) is 0 Å². The van der Waals surface area contributed by atoms with Crippen molar-refractivity contribution in [2.75, 3.05) is 17.6 Å². The number of rotatable bonds is 0. The normalized spacial score (nSPS) is 20.6. The first-order chi connectivity index (χ1) is 6.20. The molecule has 2 heterocycles. The Labute approximate surface area is 80.0 Å². The monoisotopic (exact) mass is 196 g/mol. The number of hydrogen-bond donors (Lipinski definition) is 1. The third kappa shape index (κ3) is 1.35. The maximum Gasteiger partial charge on any atom is 0.150 e. The molecule has 3 nitrogen and oxygen atoms in total. The van der Waals surface area contributed by atoms with Gasteiger partial charge in [-0.05, 0) is 25.0 Å². The topological polar surface area (TPSA) is 42.0 Å². The predicted molar refractivity (Wildman–Crippen MR) is 53.5 cm³/mol. The van der Waals surface area contributed by atoms with E-state index in [2.05, 4.69) is 10.3 Å². The molecule has 1 aromatic heterocycles. The van der Waals surface area contributed by atoms with Crippen molar-refractivity contribution in [3.8, 4) is 0 Å². The Kier molecular flexibility index (Phi) is 2.07. The van der Waals surface area contributed by atoms with Crippen LogP contribution in [-0.4, -0.2) is 21.5 Å². The number of nitrogens with one attached hydrogen (secondary N) is 1. The lowest BCUT2D eigenvalue weighted by Crippen LogP contribution is -2.21. The Morgan fingerprint density at radius 3 is 3.08 bits per heavy atom. The van der Waals surface area contributed by atoms with Gasteiger partial charge in [0.25, 0.3) is 0 Å². The summed E-state index contributed by atoms with van der Waals surface area (Å²) in [6.45, 7) is 4.83. The Bertz CT molecular complexity index is 376. The number of pyridine rings is 1. The molecule has 0 saturated heterocycles. The fraction of sp³-hybridized carbons (Fsp3) is 0.444. The van der Waals surface area contributed by atoms with Gasteiger partial charge in [-0.2, -0.15) is 0 Å². The molecule has 0 amide bonds. The van der Waals surface area contributed by atoms with E-state index in [9.17, 15) is 4.21 Å². The quantitative estimate of drug-likeness (QED) is 0.678. The molecule has 0 aromatic carbocycles. The maximum atomic E-state index is 11.6. The molecular formula is C9H12N2OS. The highest BCUT2D eigenvalue weighted by atomic mass is 32.2. The molecule has 1 aromatic rings. The van der Waals surface area contributed by atoms with Gasteiger partial charge in [-0.3, -0.25) is 4.21 Å². The Balaban J connectivity index is 2.63. The van der Waals surface area contributed by atoms with Crippen LogP contribution >= 0.6 is 0 Å². The van der Waals surface area contributed by atoms with Gasteiger partial charge >= 0.3 is 0 Å². The minimum absolute atomic E-state index is 0.669. The Morgan fingerprint density at radius 1 is 1.54 bits per heavy atom. The summed E-state index contributed by atoms with van der Waals surface area (Å²) < 4.78 is 11.6. The first-order valence-corrected chi connectivity index (χ1v) is 5.60. The van der Waals surface area contributed by atoms with Crippen molar-refractivity contribution in [1.82, 2.24) is 4.98 Å². The first kappa shape index (κ1) is 8.69. The smallest absolute Gasteiger partial charge is 0.150 e. The molecule has 0 bridgehead atoms. The van der Waals surface area contributed by atoms with E-state index in [4.69, 9.17) is 0 Å². The summed E-state index contributed by atoms with van der Waals surface area (Å²) in [6, 6.07) is 0. The second-order valence-electron chi connectivity index (χ2n) is 3.22. The molecule has 0 spiro atoms. The summed E-state index contributed by atoms with van der Waals surface area (Å²) >= 11 is 0. The van der Waals surface area contributed by atoms with E-state index in [1.54, 1.807) is 6.20 Å². The third-order valence-electron chi connectivity index (χ3n) is 2.36. The SMILES string of the molecule is Cc1cnc2c(c1C)NCCS2=O. The van der Waals surface area contributed by atoms with Crippen LogP contribution in [0.15, 0.2) is 11.2 Å². The van der Waals surface area contributed by atoms with Crippen molar-refractivity contribution >= 4 is 16.5 Å². The lowest BCUT2D eigenvalue weighted by Gasteiger charge is -2.19. The van der Waals surface area contributed by atoms with Crippen LogP contribution in [0.5, 0.6) is 0 Å². The molecule has 0 saturated carbocycles. The third-order valence-corrected chi connectivity index (χ3v) is 3.68. The molecule has 0 aliphatic carbocycles. The van der Waals surface area contributed by atoms with Gasteiger partial charge in [0.05, 0.1) is 16.5 Å². The molecule has 13 heavy (non-hydrogen) atoms. The molecule has 1 atom stereocenters. The molecule has 70 valence electrons. The van der Waals surface area contributed by atoms with E-state index in [0.29, 0.717) is 10.8 Å². The molecule has 2 rings (SSSR count). The van der Waals surface area contributed by atoms with E-state index in [1.807, 2.05) is 13.8 Å². The molecule has 1 aliphatic rings. The van der Waals surface area contributed by atoms with Crippen LogP contribution < -0.4 is 5.32 Å². The van der Waals surface area contributed by atoms with Crippen molar-refractivity contribution in [2.45, 2.75) is 18.9 Å². The fourth-order valence-electron chi connectivity index (χ4n) is 1.42. The number of nitrogens with zero attached hydrogens (tertiary/aromatic N) is 1. The largest absolute Gasteiger partial charge is 0.382 e. The second-order valence-corrected chi connectivity index (χ2v) is 4.71. The minimum Gasteiger partial charge on any atom is -0.382 e. The number of aromatic nitrogens is 1. The zero-order valence-electron chi connectivity index (χ0n) is 7.76. The number of hydrogen-bond acceptors (Lipinski definition) is 3. The molecule has 1 aliphatic heterocycles. The van der Waals surface area contributed by atoms with Gasteiger partial charge in [-0.15, -0.1) is 0 Å². The van der Waals surface area contributed by atoms with Gasteiger partial charge in [0.2, 0.25) is 0 Å². The number of aryl methyl sites for hydroxylation is 1. The summed E-state index contributed by atoms with van der Waals surface area (Å²) in [5, 5.41) is 3.96. The fourth-order valence-corrected chi connectivity index (χ4v) is 2.52. The van der Waals surface area contributed by atoms with Crippen LogP contribution in [0.25, 0.3) is 0 Å². The van der Waals surface area contributed by atoms with Crippen molar-refractivity contribution in [3.63, 3.8) is 0 Å². The van der Waals surface area contributed by atoms with Crippen LogP contribution in [0.2, 0.25) is 0 Å². The predicted octanol–water partition coefficient (Wildman–Crippen LogP) is 1.23. The average molecular weight is 196 g/mol. The molecule has 0 radical (unpaired) electrons. The highest BCUT2D eigenvalue weighted by Gasteiger charge is 2.18. The van der Waals surface area contributed by atoms with Gasteiger partial charge in [0.1, 0.15) is 0 Å². The summed E-state index contributed by atoms with van der Waals surface area (Å²) in [5.41, 5.74) is 3.28. The molecule has 1 unspecified atom stereocenters. The zero-order valence-corrected chi connectivity index (χ0v) is 8.57. The molecule has 4 heteroatoms. The van der Waals surface area contributed by atoms with Crippen LogP contribution in [0.4, 0.5) is 5.69 Å². The van der Waals surface area contributed by atoms with E-state index in [0.717, 1.165) is 23.4 Å². The average Bonchev–Trinajstić information content (AvgIpc) is 2.12. The summed E-state index contributed by atoms with van der Waals surface area (Å²) in [7, 11) is -0.907. The van der Waals surface area contributed by atoms with Crippen LogP contribution in [0, 0.1) is 13.8 Å². The van der Waals surface area contributed by atoms with Crippen molar-refractivity contribution in [1.29, 1.82) is 0 Å². The van der Waals surface area contributed by atoms with Gasteiger partial charge in [-0.1, -0.05) is 0 Å². The Hall–Kier alpha value is -0.900. The van der Waals surface area contributed by atoms with Crippen LogP contribution in [0.1, 0.15) is 11.1 Å². The summed E-state index contributed by atoms with van der Waals surface area (Å²) in [6.07, 6.45) is 1.79. The lowest BCUT2D eigenvalue weighted by atomic mass is 10.1. The van der Waals surface area contributed by atoms with E-state index in [-0.39, 0.29) is 0 Å². The zero-order chi connectivity index (χ0) is 9.42. The van der Waals surface area contributed by atoms with Gasteiger partial charge in [0, 0.05) is 18.5 Å². The van der Waals surface area contributed by atoms with Gasteiger partial charge < -0.3 is 5.32 Å². The number of anilines is 1. The van der Waals surface area contributed by atoms with Crippen molar-refractivity contribution < 1.29 is 4.21 Å². The highest BCUT2D eigenvalue weighted by Crippen LogP contribution is 2.26. The lowest BCUT2D eigenvalue weighted by molar-refractivity contribution is 0.678. The number of fused-ring (bicyclic) bond motifs is 1. The summed E-state index contributed by atoms with van der Waals surface area (Å²) in [4.78, 5) is 4.20.